The summed E-state index contributed by atoms with van der Waals surface area (Å²) in [7, 11) is 1.77. The Bertz CT molecular complexity index is 615. The van der Waals surface area contributed by atoms with Crippen LogP contribution in [0.5, 0.6) is 0 Å². The molecule has 1 N–H and O–H groups in total. The van der Waals surface area contributed by atoms with Crippen molar-refractivity contribution in [2.75, 3.05) is 25.5 Å². The van der Waals surface area contributed by atoms with Gasteiger partial charge in [-0.3, -0.25) is 9.78 Å². The summed E-state index contributed by atoms with van der Waals surface area (Å²) in [6.07, 6.45) is 1.72. The minimum Gasteiger partial charge on any atom is -0.361 e. The molecule has 0 atom stereocenters. The fraction of sp³-hybridized carbons (Fsp3) is 0.333. The van der Waals surface area contributed by atoms with E-state index in [-0.39, 0.29) is 12.5 Å². The van der Waals surface area contributed by atoms with Gasteiger partial charge < -0.3 is 10.2 Å². The van der Waals surface area contributed by atoms with Gasteiger partial charge in [0.15, 0.2) is 0 Å². The summed E-state index contributed by atoms with van der Waals surface area (Å²) in [5, 5.41) is 3.04. The number of hydrogen-bond acceptors (Lipinski definition) is 5. The maximum Gasteiger partial charge on any atom is 0.241 e. The van der Waals surface area contributed by atoms with Crippen LogP contribution in [0.15, 0.2) is 30.5 Å². The highest BCUT2D eigenvalue weighted by atomic mass is 16.2. The predicted molar refractivity (Wildman–Crippen MR) is 81.8 cm³/mol. The molecule has 110 valence electrons. The molecule has 0 fully saturated rings. The van der Waals surface area contributed by atoms with Crippen LogP contribution >= 0.6 is 0 Å². The van der Waals surface area contributed by atoms with E-state index in [9.17, 15) is 4.79 Å². The molecule has 0 aliphatic heterocycles. The molecule has 0 aliphatic rings. The summed E-state index contributed by atoms with van der Waals surface area (Å²) in [6.45, 7) is 4.65. The highest BCUT2D eigenvalue weighted by Gasteiger charge is 2.09. The average molecular weight is 285 g/mol. The van der Waals surface area contributed by atoms with Crippen molar-refractivity contribution in [3.8, 4) is 11.4 Å². The third kappa shape index (κ3) is 3.98. The first-order chi connectivity index (χ1) is 10.1. The Morgan fingerprint density at radius 2 is 2.10 bits per heavy atom. The summed E-state index contributed by atoms with van der Waals surface area (Å²) in [6, 6.07) is 7.46. The van der Waals surface area contributed by atoms with Crippen molar-refractivity contribution >= 4 is 11.7 Å². The SMILES string of the molecule is CCN(C)C(=O)CNc1cc(-c2ccccn2)nc(C)n1. The second-order valence-electron chi connectivity index (χ2n) is 4.66. The lowest BCUT2D eigenvalue weighted by molar-refractivity contribution is -0.127. The van der Waals surface area contributed by atoms with E-state index in [2.05, 4.69) is 20.3 Å². The Labute approximate surface area is 124 Å². The minimum absolute atomic E-state index is 0.0214. The van der Waals surface area contributed by atoms with Crippen molar-refractivity contribution < 1.29 is 4.79 Å². The largest absolute Gasteiger partial charge is 0.361 e. The highest BCUT2D eigenvalue weighted by molar-refractivity contribution is 5.80. The maximum absolute atomic E-state index is 11.8. The predicted octanol–water partition coefficient (Wildman–Crippen LogP) is 1.74. The van der Waals surface area contributed by atoms with Crippen LogP contribution in [0.3, 0.4) is 0 Å². The summed E-state index contributed by atoms with van der Waals surface area (Å²) in [5.74, 6) is 1.28. The van der Waals surface area contributed by atoms with Crippen LogP contribution in [0.25, 0.3) is 11.4 Å². The molecule has 0 bridgehead atoms. The van der Waals surface area contributed by atoms with E-state index >= 15 is 0 Å². The average Bonchev–Trinajstić information content (AvgIpc) is 2.52. The van der Waals surface area contributed by atoms with Gasteiger partial charge in [0, 0.05) is 25.9 Å². The van der Waals surface area contributed by atoms with E-state index in [1.807, 2.05) is 32.0 Å². The Morgan fingerprint density at radius 3 is 2.76 bits per heavy atom. The van der Waals surface area contributed by atoms with Crippen molar-refractivity contribution in [2.45, 2.75) is 13.8 Å². The first kappa shape index (κ1) is 14.9. The van der Waals surface area contributed by atoms with Gasteiger partial charge in [-0.15, -0.1) is 0 Å². The molecule has 0 aromatic carbocycles. The number of pyridine rings is 1. The third-order valence-electron chi connectivity index (χ3n) is 3.09. The molecule has 0 radical (unpaired) electrons. The molecule has 0 aliphatic carbocycles. The van der Waals surface area contributed by atoms with E-state index in [1.165, 1.54) is 0 Å². The van der Waals surface area contributed by atoms with Gasteiger partial charge in [0.2, 0.25) is 5.91 Å². The first-order valence-electron chi connectivity index (χ1n) is 6.85. The van der Waals surface area contributed by atoms with Crippen LogP contribution in [-0.4, -0.2) is 45.9 Å². The number of aromatic nitrogens is 3. The molecule has 2 aromatic rings. The quantitative estimate of drug-likeness (QED) is 0.906. The fourth-order valence-corrected chi connectivity index (χ4v) is 1.78. The Hall–Kier alpha value is -2.50. The number of carbonyl (C=O) groups excluding carboxylic acids is 1. The van der Waals surface area contributed by atoms with Crippen molar-refractivity contribution in [1.82, 2.24) is 19.9 Å². The van der Waals surface area contributed by atoms with Crippen LogP contribution in [-0.2, 0) is 4.79 Å². The zero-order chi connectivity index (χ0) is 15.2. The van der Waals surface area contributed by atoms with E-state index in [0.29, 0.717) is 18.2 Å². The number of amides is 1. The number of carbonyl (C=O) groups is 1. The fourth-order valence-electron chi connectivity index (χ4n) is 1.78. The molecule has 2 rings (SSSR count). The lowest BCUT2D eigenvalue weighted by atomic mass is 10.2. The highest BCUT2D eigenvalue weighted by Crippen LogP contribution is 2.17. The molecule has 0 saturated carbocycles. The van der Waals surface area contributed by atoms with Crippen molar-refractivity contribution in [3.63, 3.8) is 0 Å². The molecule has 0 unspecified atom stereocenters. The molecule has 2 aromatic heterocycles. The summed E-state index contributed by atoms with van der Waals surface area (Å²) < 4.78 is 0. The van der Waals surface area contributed by atoms with E-state index in [4.69, 9.17) is 0 Å². The summed E-state index contributed by atoms with van der Waals surface area (Å²) >= 11 is 0. The van der Waals surface area contributed by atoms with E-state index in [1.54, 1.807) is 24.2 Å². The Morgan fingerprint density at radius 1 is 1.29 bits per heavy atom. The monoisotopic (exact) mass is 285 g/mol. The van der Waals surface area contributed by atoms with Crippen molar-refractivity contribution in [2.24, 2.45) is 0 Å². The van der Waals surface area contributed by atoms with Gasteiger partial charge in [-0.1, -0.05) is 6.07 Å². The number of nitrogens with zero attached hydrogens (tertiary/aromatic N) is 4. The third-order valence-corrected chi connectivity index (χ3v) is 3.09. The van der Waals surface area contributed by atoms with Crippen LogP contribution in [0.1, 0.15) is 12.7 Å². The van der Waals surface area contributed by atoms with E-state index in [0.717, 1.165) is 11.4 Å². The van der Waals surface area contributed by atoms with Crippen LogP contribution < -0.4 is 5.32 Å². The van der Waals surface area contributed by atoms with Gasteiger partial charge in [0.1, 0.15) is 11.6 Å². The second-order valence-corrected chi connectivity index (χ2v) is 4.66. The first-order valence-corrected chi connectivity index (χ1v) is 6.85. The number of nitrogens with one attached hydrogen (secondary N) is 1. The van der Waals surface area contributed by atoms with Gasteiger partial charge >= 0.3 is 0 Å². The van der Waals surface area contributed by atoms with Gasteiger partial charge in [-0.2, -0.15) is 0 Å². The molecule has 0 saturated heterocycles. The number of anilines is 1. The normalized spacial score (nSPS) is 10.2. The maximum atomic E-state index is 11.8. The van der Waals surface area contributed by atoms with E-state index < -0.39 is 0 Å². The van der Waals surface area contributed by atoms with Crippen LogP contribution in [0.4, 0.5) is 5.82 Å². The number of rotatable bonds is 5. The zero-order valence-electron chi connectivity index (χ0n) is 12.5. The Balaban J connectivity index is 2.15. The van der Waals surface area contributed by atoms with Crippen molar-refractivity contribution in [1.29, 1.82) is 0 Å². The minimum atomic E-state index is 0.0214. The van der Waals surface area contributed by atoms with Gasteiger partial charge in [-0.05, 0) is 26.0 Å². The van der Waals surface area contributed by atoms with Crippen molar-refractivity contribution in [3.05, 3.63) is 36.3 Å². The standard InChI is InChI=1S/C15H19N5O/c1-4-20(3)15(21)10-17-14-9-13(18-11(2)19-14)12-7-5-6-8-16-12/h5-9H,4,10H2,1-3H3,(H,17,18,19). The topological polar surface area (TPSA) is 71.0 Å². The summed E-state index contributed by atoms with van der Waals surface area (Å²) in [4.78, 5) is 26.4. The van der Waals surface area contributed by atoms with Gasteiger partial charge in [-0.25, -0.2) is 9.97 Å². The number of hydrogen-bond donors (Lipinski definition) is 1. The second kappa shape index (κ2) is 6.78. The van der Waals surface area contributed by atoms with Crippen LogP contribution in [0.2, 0.25) is 0 Å². The lowest BCUT2D eigenvalue weighted by Crippen LogP contribution is -2.32. The summed E-state index contributed by atoms with van der Waals surface area (Å²) in [5.41, 5.74) is 1.52. The Kier molecular flexibility index (Phi) is 4.81. The molecule has 21 heavy (non-hydrogen) atoms. The van der Waals surface area contributed by atoms with Gasteiger partial charge in [0.25, 0.3) is 0 Å². The molecular formula is C15H19N5O. The molecular weight excluding hydrogens is 266 g/mol. The molecule has 2 heterocycles. The van der Waals surface area contributed by atoms with Crippen LogP contribution in [0, 0.1) is 6.92 Å². The smallest absolute Gasteiger partial charge is 0.241 e. The molecule has 0 spiro atoms. The molecule has 6 heteroatoms. The lowest BCUT2D eigenvalue weighted by Gasteiger charge is -2.15. The number of likely N-dealkylation sites (N-methyl/N-ethyl adjacent to an activating group) is 1. The number of aryl methyl sites for hydroxylation is 1. The molecule has 1 amide bonds. The van der Waals surface area contributed by atoms with Gasteiger partial charge in [0.05, 0.1) is 17.9 Å². The molecule has 6 nitrogen and oxygen atoms in total. The zero-order valence-corrected chi connectivity index (χ0v) is 12.5.